The molecule has 2 heteroatoms. The minimum absolute atomic E-state index is 0.0761. The maximum atomic E-state index is 8.76. The summed E-state index contributed by atoms with van der Waals surface area (Å²) in [5.41, 5.74) is -0.0938. The van der Waals surface area contributed by atoms with E-state index in [9.17, 15) is 0 Å². The van der Waals surface area contributed by atoms with Crippen LogP contribution in [-0.4, -0.2) is 0 Å². The van der Waals surface area contributed by atoms with Crippen molar-refractivity contribution in [2.45, 2.75) is 26.7 Å². The summed E-state index contributed by atoms with van der Waals surface area (Å²) >= 11 is 0. The molecule has 0 bridgehead atoms. The fourth-order valence-electron chi connectivity index (χ4n) is 1.78. The van der Waals surface area contributed by atoms with Crippen molar-refractivity contribution in [2.75, 3.05) is 0 Å². The zero-order valence-corrected chi connectivity index (χ0v) is 6.96. The first-order valence-electron chi connectivity index (χ1n) is 3.92. The minimum Gasteiger partial charge on any atom is -0.198 e. The molecule has 0 saturated heterocycles. The molecular weight excluding hydrogens is 136 g/mol. The van der Waals surface area contributed by atoms with Gasteiger partial charge in [-0.2, -0.15) is 10.5 Å². The zero-order valence-electron chi connectivity index (χ0n) is 6.96. The van der Waals surface area contributed by atoms with Gasteiger partial charge in [-0.25, -0.2) is 0 Å². The van der Waals surface area contributed by atoms with E-state index < -0.39 is 0 Å². The lowest BCUT2D eigenvalue weighted by atomic mass is 9.77. The summed E-state index contributed by atoms with van der Waals surface area (Å²) in [5, 5.41) is 17.5. The van der Waals surface area contributed by atoms with Crippen LogP contribution in [-0.2, 0) is 0 Å². The van der Waals surface area contributed by atoms with Crippen LogP contribution in [0, 0.1) is 39.9 Å². The van der Waals surface area contributed by atoms with Crippen LogP contribution in [0.15, 0.2) is 0 Å². The minimum atomic E-state index is -0.0938. The molecule has 58 valence electrons. The van der Waals surface area contributed by atoms with E-state index in [0.29, 0.717) is 0 Å². The van der Waals surface area contributed by atoms with E-state index in [2.05, 4.69) is 12.1 Å². The highest BCUT2D eigenvalue weighted by atomic mass is 14.5. The summed E-state index contributed by atoms with van der Waals surface area (Å²) in [7, 11) is 0. The number of hydrogen-bond donors (Lipinski definition) is 0. The van der Waals surface area contributed by atoms with Crippen LogP contribution >= 0.6 is 0 Å². The maximum absolute atomic E-state index is 8.76. The number of nitriles is 2. The van der Waals surface area contributed by atoms with Gasteiger partial charge in [-0.3, -0.25) is 0 Å². The summed E-state index contributed by atoms with van der Waals surface area (Å²) in [4.78, 5) is 0. The van der Waals surface area contributed by atoms with Crippen molar-refractivity contribution in [1.29, 1.82) is 10.5 Å². The van der Waals surface area contributed by atoms with E-state index >= 15 is 0 Å². The van der Waals surface area contributed by atoms with Crippen LogP contribution in [0.2, 0.25) is 0 Å². The first-order valence-corrected chi connectivity index (χ1v) is 3.92. The van der Waals surface area contributed by atoms with Crippen molar-refractivity contribution in [2.24, 2.45) is 17.3 Å². The van der Waals surface area contributed by atoms with Gasteiger partial charge < -0.3 is 0 Å². The zero-order chi connectivity index (χ0) is 8.48. The van der Waals surface area contributed by atoms with Crippen molar-refractivity contribution in [3.63, 3.8) is 0 Å². The molecule has 1 fully saturated rings. The van der Waals surface area contributed by atoms with E-state index in [1.807, 2.05) is 13.8 Å². The normalized spacial score (nSPS) is 34.2. The Labute approximate surface area is 67.4 Å². The lowest BCUT2D eigenvalue weighted by Gasteiger charge is -2.24. The van der Waals surface area contributed by atoms with Crippen LogP contribution in [0.5, 0.6) is 0 Å². The fourth-order valence-corrected chi connectivity index (χ4v) is 1.78. The molecular formula is C9H12N2. The third-order valence-electron chi connectivity index (χ3n) is 2.85. The molecule has 2 atom stereocenters. The van der Waals surface area contributed by atoms with Crippen LogP contribution in [0.25, 0.3) is 0 Å². The molecule has 0 aromatic heterocycles. The van der Waals surface area contributed by atoms with E-state index in [1.165, 1.54) is 0 Å². The molecule has 0 heterocycles. The smallest absolute Gasteiger partial charge is 0.0661 e. The molecule has 2 unspecified atom stereocenters. The average Bonchev–Trinajstić information content (AvgIpc) is 2.24. The van der Waals surface area contributed by atoms with Crippen molar-refractivity contribution in [3.05, 3.63) is 0 Å². The molecule has 1 aliphatic rings. The van der Waals surface area contributed by atoms with Gasteiger partial charge in [0, 0.05) is 0 Å². The van der Waals surface area contributed by atoms with Gasteiger partial charge in [0.05, 0.1) is 24.0 Å². The van der Waals surface area contributed by atoms with Crippen molar-refractivity contribution >= 4 is 0 Å². The van der Waals surface area contributed by atoms with Gasteiger partial charge in [0.2, 0.25) is 0 Å². The fraction of sp³-hybridized carbons (Fsp3) is 0.778. The van der Waals surface area contributed by atoms with Gasteiger partial charge in [-0.1, -0.05) is 13.8 Å². The Morgan fingerprint density at radius 3 is 1.64 bits per heavy atom. The molecule has 0 aliphatic heterocycles. The van der Waals surface area contributed by atoms with Crippen molar-refractivity contribution in [3.8, 4) is 12.1 Å². The molecule has 11 heavy (non-hydrogen) atoms. The second kappa shape index (κ2) is 2.55. The lowest BCUT2D eigenvalue weighted by molar-refractivity contribution is 0.265. The standard InChI is InChI=1S/C9H12N2/c1-9(2)7(5-10)3-4-8(9)6-11/h7-8H,3-4H2,1-2H3. The van der Waals surface area contributed by atoms with Crippen LogP contribution in [0.1, 0.15) is 26.7 Å². The lowest BCUT2D eigenvalue weighted by Crippen LogP contribution is -2.22. The quantitative estimate of drug-likeness (QED) is 0.528. The summed E-state index contributed by atoms with van der Waals surface area (Å²) in [6, 6.07) is 4.53. The molecule has 0 spiro atoms. The Kier molecular flexibility index (Phi) is 1.87. The predicted octanol–water partition coefficient (Wildman–Crippen LogP) is 2.09. The Morgan fingerprint density at radius 1 is 1.09 bits per heavy atom. The molecule has 0 amide bonds. The van der Waals surface area contributed by atoms with Gasteiger partial charge in [-0.05, 0) is 18.3 Å². The molecule has 1 aliphatic carbocycles. The van der Waals surface area contributed by atoms with Crippen molar-refractivity contribution < 1.29 is 0 Å². The summed E-state index contributed by atoms with van der Waals surface area (Å²) < 4.78 is 0. The second-order valence-electron chi connectivity index (χ2n) is 3.76. The SMILES string of the molecule is CC1(C)C(C#N)CCC1C#N. The number of nitrogens with zero attached hydrogens (tertiary/aromatic N) is 2. The summed E-state index contributed by atoms with van der Waals surface area (Å²) in [5.74, 6) is 0.152. The van der Waals surface area contributed by atoms with Gasteiger partial charge >= 0.3 is 0 Å². The molecule has 0 radical (unpaired) electrons. The highest BCUT2D eigenvalue weighted by molar-refractivity contribution is 5.08. The molecule has 1 rings (SSSR count). The van der Waals surface area contributed by atoms with E-state index in [1.54, 1.807) is 0 Å². The van der Waals surface area contributed by atoms with Crippen LogP contribution < -0.4 is 0 Å². The van der Waals surface area contributed by atoms with E-state index in [0.717, 1.165) is 12.8 Å². The van der Waals surface area contributed by atoms with Crippen LogP contribution in [0.3, 0.4) is 0 Å². The Bertz CT molecular complexity index is 205. The maximum Gasteiger partial charge on any atom is 0.0661 e. The number of rotatable bonds is 0. The Hall–Kier alpha value is -1.02. The predicted molar refractivity (Wildman–Crippen MR) is 41.2 cm³/mol. The van der Waals surface area contributed by atoms with Gasteiger partial charge in [0.25, 0.3) is 0 Å². The van der Waals surface area contributed by atoms with E-state index in [-0.39, 0.29) is 17.3 Å². The highest BCUT2D eigenvalue weighted by Gasteiger charge is 2.43. The van der Waals surface area contributed by atoms with Gasteiger partial charge in [-0.15, -0.1) is 0 Å². The largest absolute Gasteiger partial charge is 0.198 e. The van der Waals surface area contributed by atoms with Crippen molar-refractivity contribution in [1.82, 2.24) is 0 Å². The molecule has 0 aromatic carbocycles. The third kappa shape index (κ3) is 1.10. The van der Waals surface area contributed by atoms with Crippen LogP contribution in [0.4, 0.5) is 0 Å². The Balaban J connectivity index is 2.84. The molecule has 1 saturated carbocycles. The molecule has 0 N–H and O–H groups in total. The first-order chi connectivity index (χ1) is 5.12. The van der Waals surface area contributed by atoms with Gasteiger partial charge in [0.15, 0.2) is 0 Å². The topological polar surface area (TPSA) is 47.6 Å². The molecule has 0 aromatic rings. The Morgan fingerprint density at radius 2 is 1.45 bits per heavy atom. The highest BCUT2D eigenvalue weighted by Crippen LogP contribution is 2.46. The van der Waals surface area contributed by atoms with E-state index in [4.69, 9.17) is 10.5 Å². The summed E-state index contributed by atoms with van der Waals surface area (Å²) in [6.07, 6.45) is 1.78. The summed E-state index contributed by atoms with van der Waals surface area (Å²) in [6.45, 7) is 4.03. The first kappa shape index (κ1) is 8.08. The molecule has 2 nitrogen and oxygen atoms in total. The number of hydrogen-bond acceptors (Lipinski definition) is 2. The average molecular weight is 148 g/mol. The second-order valence-corrected chi connectivity index (χ2v) is 3.76. The third-order valence-corrected chi connectivity index (χ3v) is 2.85. The van der Waals surface area contributed by atoms with Gasteiger partial charge in [0.1, 0.15) is 0 Å². The monoisotopic (exact) mass is 148 g/mol.